The summed E-state index contributed by atoms with van der Waals surface area (Å²) in [7, 11) is 1.46. The van der Waals surface area contributed by atoms with Gasteiger partial charge in [0.15, 0.2) is 5.75 Å². The van der Waals surface area contributed by atoms with Crippen LogP contribution in [0.5, 0.6) is 5.75 Å². The highest BCUT2D eigenvalue weighted by Gasteiger charge is 2.28. The maximum absolute atomic E-state index is 10.9. The summed E-state index contributed by atoms with van der Waals surface area (Å²) in [4.78, 5) is 10.5. The maximum atomic E-state index is 10.9. The van der Waals surface area contributed by atoms with Gasteiger partial charge >= 0.3 is 5.69 Å². The van der Waals surface area contributed by atoms with Crippen LogP contribution in [0.15, 0.2) is 12.1 Å². The summed E-state index contributed by atoms with van der Waals surface area (Å²) in [6.07, 6.45) is 2.28. The monoisotopic (exact) mass is 207 g/mol. The van der Waals surface area contributed by atoms with Crippen LogP contribution in [0, 0.1) is 17.0 Å². The number of hydrogen-bond donors (Lipinski definition) is 0. The van der Waals surface area contributed by atoms with E-state index in [9.17, 15) is 10.1 Å². The first kappa shape index (κ1) is 9.96. The van der Waals surface area contributed by atoms with Gasteiger partial charge in [-0.2, -0.15) is 0 Å². The van der Waals surface area contributed by atoms with Crippen molar-refractivity contribution in [2.75, 3.05) is 7.11 Å². The van der Waals surface area contributed by atoms with Crippen molar-refractivity contribution < 1.29 is 9.66 Å². The van der Waals surface area contributed by atoms with Crippen molar-refractivity contribution >= 4 is 5.69 Å². The fourth-order valence-electron chi connectivity index (χ4n) is 1.84. The van der Waals surface area contributed by atoms with Crippen LogP contribution < -0.4 is 4.74 Å². The Labute approximate surface area is 88.0 Å². The Hall–Kier alpha value is -1.58. The zero-order valence-corrected chi connectivity index (χ0v) is 8.82. The molecule has 0 aromatic heterocycles. The Morgan fingerprint density at radius 2 is 2.13 bits per heavy atom. The molecule has 0 unspecified atom stereocenters. The minimum Gasteiger partial charge on any atom is -0.490 e. The molecule has 1 aliphatic rings. The molecule has 0 aliphatic heterocycles. The van der Waals surface area contributed by atoms with Gasteiger partial charge in [0, 0.05) is 6.07 Å². The second-order valence-electron chi connectivity index (χ2n) is 3.92. The lowest BCUT2D eigenvalue weighted by Crippen LogP contribution is -1.97. The second-order valence-corrected chi connectivity index (χ2v) is 3.92. The molecular weight excluding hydrogens is 194 g/mol. The number of ether oxygens (including phenoxy) is 1. The van der Waals surface area contributed by atoms with Crippen LogP contribution in [0.25, 0.3) is 0 Å². The van der Waals surface area contributed by atoms with Crippen molar-refractivity contribution in [3.63, 3.8) is 0 Å². The molecule has 0 saturated heterocycles. The number of methoxy groups -OCH3 is 1. The Kier molecular flexibility index (Phi) is 2.34. The predicted molar refractivity (Wildman–Crippen MR) is 56.4 cm³/mol. The highest BCUT2D eigenvalue weighted by atomic mass is 16.6. The first-order chi connectivity index (χ1) is 7.13. The molecule has 15 heavy (non-hydrogen) atoms. The Morgan fingerprint density at radius 1 is 1.47 bits per heavy atom. The van der Waals surface area contributed by atoms with E-state index in [0.29, 0.717) is 11.7 Å². The van der Waals surface area contributed by atoms with Gasteiger partial charge in [0.25, 0.3) is 0 Å². The van der Waals surface area contributed by atoms with E-state index in [2.05, 4.69) is 0 Å². The molecule has 0 heterocycles. The van der Waals surface area contributed by atoms with Crippen molar-refractivity contribution in [1.82, 2.24) is 0 Å². The number of nitro groups is 1. The topological polar surface area (TPSA) is 52.4 Å². The SMILES string of the molecule is COc1c(C)cc(C2CC2)cc1[N+](=O)[O-]. The standard InChI is InChI=1S/C11H13NO3/c1-7-5-9(8-3-4-8)6-10(12(13)14)11(7)15-2/h5-6,8H,3-4H2,1-2H3. The summed E-state index contributed by atoms with van der Waals surface area (Å²) in [6.45, 7) is 1.84. The summed E-state index contributed by atoms with van der Waals surface area (Å²) in [5.74, 6) is 0.901. The number of rotatable bonds is 3. The minimum atomic E-state index is -0.377. The van der Waals surface area contributed by atoms with E-state index in [1.54, 1.807) is 6.07 Å². The molecule has 0 amide bonds. The Balaban J connectivity index is 2.52. The van der Waals surface area contributed by atoms with Gasteiger partial charge in [-0.1, -0.05) is 6.07 Å². The summed E-state index contributed by atoms with van der Waals surface area (Å²) >= 11 is 0. The van der Waals surface area contributed by atoms with Gasteiger partial charge in [-0.3, -0.25) is 10.1 Å². The molecule has 0 spiro atoms. The van der Waals surface area contributed by atoms with Crippen molar-refractivity contribution in [1.29, 1.82) is 0 Å². The molecule has 1 saturated carbocycles. The van der Waals surface area contributed by atoms with E-state index < -0.39 is 0 Å². The number of benzene rings is 1. The molecule has 0 N–H and O–H groups in total. The van der Waals surface area contributed by atoms with Crippen molar-refractivity contribution in [2.45, 2.75) is 25.7 Å². The smallest absolute Gasteiger partial charge is 0.311 e. The van der Waals surface area contributed by atoms with Gasteiger partial charge in [-0.15, -0.1) is 0 Å². The molecule has 2 rings (SSSR count). The van der Waals surface area contributed by atoms with Crippen LogP contribution in [-0.4, -0.2) is 12.0 Å². The molecule has 0 radical (unpaired) electrons. The number of hydrogen-bond acceptors (Lipinski definition) is 3. The minimum absolute atomic E-state index is 0.0828. The summed E-state index contributed by atoms with van der Waals surface area (Å²) in [5, 5.41) is 10.9. The molecular formula is C11H13NO3. The quantitative estimate of drug-likeness (QED) is 0.565. The normalized spacial score (nSPS) is 15.1. The van der Waals surface area contributed by atoms with Crippen LogP contribution >= 0.6 is 0 Å². The lowest BCUT2D eigenvalue weighted by Gasteiger charge is -2.07. The van der Waals surface area contributed by atoms with Gasteiger partial charge in [-0.05, 0) is 36.8 Å². The lowest BCUT2D eigenvalue weighted by atomic mass is 10.1. The molecule has 4 heteroatoms. The van der Waals surface area contributed by atoms with E-state index in [1.165, 1.54) is 7.11 Å². The van der Waals surface area contributed by atoms with E-state index in [4.69, 9.17) is 4.74 Å². The highest BCUT2D eigenvalue weighted by Crippen LogP contribution is 2.44. The summed E-state index contributed by atoms with van der Waals surface area (Å²) in [6, 6.07) is 3.63. The first-order valence-corrected chi connectivity index (χ1v) is 4.96. The van der Waals surface area contributed by atoms with E-state index in [1.807, 2.05) is 13.0 Å². The van der Waals surface area contributed by atoms with Crippen molar-refractivity contribution in [3.8, 4) is 5.75 Å². The fourth-order valence-corrected chi connectivity index (χ4v) is 1.84. The average Bonchev–Trinajstić information content (AvgIpc) is 2.99. The number of nitrogens with zero attached hydrogens (tertiary/aromatic N) is 1. The third-order valence-corrected chi connectivity index (χ3v) is 2.73. The Bertz CT molecular complexity index is 411. The van der Waals surface area contributed by atoms with Gasteiger partial charge in [0.05, 0.1) is 12.0 Å². The zero-order valence-electron chi connectivity index (χ0n) is 8.82. The van der Waals surface area contributed by atoms with Crippen LogP contribution in [0.1, 0.15) is 29.9 Å². The number of nitro benzene ring substituents is 1. The van der Waals surface area contributed by atoms with Crippen LogP contribution in [0.2, 0.25) is 0 Å². The maximum Gasteiger partial charge on any atom is 0.311 e. The van der Waals surface area contributed by atoms with Gasteiger partial charge in [0.2, 0.25) is 0 Å². The van der Waals surface area contributed by atoms with Crippen molar-refractivity contribution in [3.05, 3.63) is 33.4 Å². The van der Waals surface area contributed by atoms with E-state index in [0.717, 1.165) is 24.0 Å². The number of aryl methyl sites for hydroxylation is 1. The summed E-state index contributed by atoms with van der Waals surface area (Å²) in [5.41, 5.74) is 1.99. The molecule has 0 bridgehead atoms. The molecule has 1 aromatic carbocycles. The van der Waals surface area contributed by atoms with Gasteiger partial charge in [-0.25, -0.2) is 0 Å². The van der Waals surface area contributed by atoms with E-state index >= 15 is 0 Å². The average molecular weight is 207 g/mol. The largest absolute Gasteiger partial charge is 0.490 e. The van der Waals surface area contributed by atoms with Gasteiger partial charge < -0.3 is 4.74 Å². The third-order valence-electron chi connectivity index (χ3n) is 2.73. The Morgan fingerprint density at radius 3 is 2.60 bits per heavy atom. The summed E-state index contributed by atoms with van der Waals surface area (Å²) < 4.78 is 5.05. The molecule has 1 aliphatic carbocycles. The lowest BCUT2D eigenvalue weighted by molar-refractivity contribution is -0.385. The van der Waals surface area contributed by atoms with Crippen molar-refractivity contribution in [2.24, 2.45) is 0 Å². The second kappa shape index (κ2) is 3.53. The first-order valence-electron chi connectivity index (χ1n) is 4.96. The van der Waals surface area contributed by atoms with Crippen LogP contribution in [0.3, 0.4) is 0 Å². The predicted octanol–water partition coefficient (Wildman–Crippen LogP) is 2.79. The molecule has 4 nitrogen and oxygen atoms in total. The molecule has 1 fully saturated rings. The van der Waals surface area contributed by atoms with Crippen LogP contribution in [-0.2, 0) is 0 Å². The van der Waals surface area contributed by atoms with E-state index in [-0.39, 0.29) is 10.6 Å². The zero-order chi connectivity index (χ0) is 11.0. The highest BCUT2D eigenvalue weighted by molar-refractivity contribution is 5.55. The van der Waals surface area contributed by atoms with Crippen LogP contribution in [0.4, 0.5) is 5.69 Å². The molecule has 0 atom stereocenters. The fraction of sp³-hybridized carbons (Fsp3) is 0.455. The molecule has 1 aromatic rings. The molecule has 80 valence electrons. The van der Waals surface area contributed by atoms with Gasteiger partial charge in [0.1, 0.15) is 0 Å². The third kappa shape index (κ3) is 1.79.